The van der Waals surface area contributed by atoms with Crippen molar-refractivity contribution in [3.63, 3.8) is 0 Å². The highest BCUT2D eigenvalue weighted by Crippen LogP contribution is 2.33. The van der Waals surface area contributed by atoms with Crippen LogP contribution in [-0.4, -0.2) is 39.3 Å². The van der Waals surface area contributed by atoms with Gasteiger partial charge in [0, 0.05) is 12.3 Å². The summed E-state index contributed by atoms with van der Waals surface area (Å²) in [6.07, 6.45) is 9.03. The van der Waals surface area contributed by atoms with E-state index in [1.54, 1.807) is 12.2 Å². The van der Waals surface area contributed by atoms with E-state index >= 15 is 0 Å². The van der Waals surface area contributed by atoms with Gasteiger partial charge in [-0.2, -0.15) is 0 Å². The first-order valence-corrected chi connectivity index (χ1v) is 9.17. The zero-order valence-electron chi connectivity index (χ0n) is 15.2. The van der Waals surface area contributed by atoms with Gasteiger partial charge < -0.3 is 15.3 Å². The minimum absolute atomic E-state index is 0.0367. The van der Waals surface area contributed by atoms with E-state index in [1.165, 1.54) is 12.2 Å². The summed E-state index contributed by atoms with van der Waals surface area (Å²) >= 11 is 0. The van der Waals surface area contributed by atoms with Crippen LogP contribution in [0.2, 0.25) is 0 Å². The van der Waals surface area contributed by atoms with Crippen molar-refractivity contribution in [1.29, 1.82) is 0 Å². The maximum absolute atomic E-state index is 13.7. The number of aliphatic hydroxyl groups excluding tert-OH is 2. The molecule has 1 fully saturated rings. The lowest BCUT2D eigenvalue weighted by Crippen LogP contribution is -2.18. The zero-order chi connectivity index (χ0) is 19.5. The van der Waals surface area contributed by atoms with Crippen LogP contribution in [-0.2, 0) is 9.59 Å². The van der Waals surface area contributed by atoms with Crippen LogP contribution in [0.4, 0.5) is 4.39 Å². The van der Waals surface area contributed by atoms with Crippen molar-refractivity contribution in [2.24, 2.45) is 11.8 Å². The third-order valence-corrected chi connectivity index (χ3v) is 4.55. The van der Waals surface area contributed by atoms with Crippen LogP contribution in [0.5, 0.6) is 0 Å². The smallest absolute Gasteiger partial charge is 0.332 e. The van der Waals surface area contributed by atoms with E-state index in [-0.39, 0.29) is 24.0 Å². The molecule has 26 heavy (non-hydrogen) atoms. The van der Waals surface area contributed by atoms with Gasteiger partial charge in [0.1, 0.15) is 17.7 Å². The molecule has 0 heterocycles. The molecule has 0 aliphatic heterocycles. The molecule has 0 spiro atoms. The van der Waals surface area contributed by atoms with E-state index in [4.69, 9.17) is 5.11 Å². The molecule has 0 aromatic heterocycles. The average Bonchev–Trinajstić information content (AvgIpc) is 2.96. The first kappa shape index (κ1) is 22.3. The third-order valence-electron chi connectivity index (χ3n) is 4.55. The van der Waals surface area contributed by atoms with E-state index < -0.39 is 24.0 Å². The number of carboxylic acids is 1. The van der Waals surface area contributed by atoms with Crippen molar-refractivity contribution in [2.75, 3.05) is 0 Å². The van der Waals surface area contributed by atoms with E-state index in [0.29, 0.717) is 32.1 Å². The largest absolute Gasteiger partial charge is 0.479 e. The third kappa shape index (κ3) is 7.62. The zero-order valence-corrected chi connectivity index (χ0v) is 15.2. The van der Waals surface area contributed by atoms with Gasteiger partial charge in [0.15, 0.2) is 6.10 Å². The number of allylic oxidation sites excluding steroid dienone is 4. The Morgan fingerprint density at radius 2 is 2.04 bits per heavy atom. The molecule has 1 rings (SSSR count). The summed E-state index contributed by atoms with van der Waals surface area (Å²) in [7, 11) is 0. The van der Waals surface area contributed by atoms with Crippen LogP contribution in [0.1, 0.15) is 51.9 Å². The van der Waals surface area contributed by atoms with Gasteiger partial charge in [-0.1, -0.05) is 37.6 Å². The van der Waals surface area contributed by atoms with E-state index in [0.717, 1.165) is 6.42 Å². The number of rotatable bonds is 11. The molecule has 0 radical (unpaired) electrons. The molecule has 0 aromatic rings. The quantitative estimate of drug-likeness (QED) is 0.486. The number of halogens is 1. The molecule has 5 nitrogen and oxygen atoms in total. The number of hydrogen-bond donors (Lipinski definition) is 3. The van der Waals surface area contributed by atoms with Crippen LogP contribution in [0.25, 0.3) is 0 Å². The SMILES string of the molecule is CCCC=C(F)[C@H](O)C=C[C@H]1CCC(=O)[C@@H]1CC=CCCC(O)C(=O)O. The molecule has 146 valence electrons. The van der Waals surface area contributed by atoms with Gasteiger partial charge in [-0.15, -0.1) is 0 Å². The fraction of sp³-hybridized carbons (Fsp3) is 0.600. The highest BCUT2D eigenvalue weighted by atomic mass is 19.1. The first-order chi connectivity index (χ1) is 12.4. The normalized spacial score (nSPS) is 23.8. The van der Waals surface area contributed by atoms with E-state index in [2.05, 4.69) is 0 Å². The first-order valence-electron chi connectivity index (χ1n) is 9.17. The monoisotopic (exact) mass is 368 g/mol. The van der Waals surface area contributed by atoms with Crippen LogP contribution in [0.3, 0.4) is 0 Å². The Labute approximate surface area is 153 Å². The number of carboxylic acid groups (broad SMARTS) is 1. The van der Waals surface area contributed by atoms with Crippen molar-refractivity contribution < 1.29 is 29.3 Å². The fourth-order valence-corrected chi connectivity index (χ4v) is 2.95. The number of ketones is 1. The van der Waals surface area contributed by atoms with Gasteiger partial charge in [-0.25, -0.2) is 9.18 Å². The van der Waals surface area contributed by atoms with E-state index in [1.807, 2.05) is 13.0 Å². The van der Waals surface area contributed by atoms with Crippen molar-refractivity contribution in [3.8, 4) is 0 Å². The van der Waals surface area contributed by atoms with Crippen LogP contribution < -0.4 is 0 Å². The molecule has 1 unspecified atom stereocenters. The Balaban J connectivity index is 2.52. The summed E-state index contributed by atoms with van der Waals surface area (Å²) in [6, 6.07) is 0. The lowest BCUT2D eigenvalue weighted by atomic mass is 9.91. The van der Waals surface area contributed by atoms with Crippen LogP contribution >= 0.6 is 0 Å². The van der Waals surface area contributed by atoms with Crippen molar-refractivity contribution in [2.45, 2.75) is 64.1 Å². The number of Topliss-reactive ketones (excluding diaryl/α,β-unsaturated/α-hetero) is 1. The summed E-state index contributed by atoms with van der Waals surface area (Å²) in [5.41, 5.74) is 0. The molecule has 0 amide bonds. The van der Waals surface area contributed by atoms with Gasteiger partial charge >= 0.3 is 5.97 Å². The topological polar surface area (TPSA) is 94.8 Å². The molecular weight excluding hydrogens is 339 g/mol. The summed E-state index contributed by atoms with van der Waals surface area (Å²) < 4.78 is 13.7. The molecule has 1 aliphatic carbocycles. The van der Waals surface area contributed by atoms with Crippen molar-refractivity contribution >= 4 is 11.8 Å². The van der Waals surface area contributed by atoms with Gasteiger partial charge in [0.2, 0.25) is 0 Å². The highest BCUT2D eigenvalue weighted by molar-refractivity contribution is 5.83. The summed E-state index contributed by atoms with van der Waals surface area (Å²) in [5, 5.41) is 27.6. The average molecular weight is 368 g/mol. The maximum Gasteiger partial charge on any atom is 0.332 e. The maximum atomic E-state index is 13.7. The Kier molecular flexibility index (Phi) is 10.1. The second-order valence-electron chi connectivity index (χ2n) is 6.62. The molecule has 4 atom stereocenters. The molecule has 1 saturated carbocycles. The number of aliphatic carboxylic acids is 1. The fourth-order valence-electron chi connectivity index (χ4n) is 2.95. The molecule has 0 aromatic carbocycles. The Morgan fingerprint density at radius 3 is 2.69 bits per heavy atom. The molecule has 1 aliphatic rings. The standard InChI is InChI=1S/C20H29FO5/c1-2-3-8-16(21)18(23)13-11-14-10-12-17(22)15(14)7-5-4-6-9-19(24)20(25)26/h4-5,8,11,13-15,18-19,23-24H,2-3,6-7,9-10,12H2,1H3,(H,25,26)/t14-,15-,18-,19?/m1/s1. The van der Waals surface area contributed by atoms with Crippen molar-refractivity contribution in [1.82, 2.24) is 0 Å². The van der Waals surface area contributed by atoms with Gasteiger partial charge in [-0.3, -0.25) is 4.79 Å². The highest BCUT2D eigenvalue weighted by Gasteiger charge is 2.32. The Morgan fingerprint density at radius 1 is 1.31 bits per heavy atom. The minimum atomic E-state index is -1.37. The molecule has 0 saturated heterocycles. The lowest BCUT2D eigenvalue weighted by molar-refractivity contribution is -0.146. The molecule has 0 bridgehead atoms. The second kappa shape index (κ2) is 11.8. The summed E-state index contributed by atoms with van der Waals surface area (Å²) in [4.78, 5) is 22.5. The Bertz CT molecular complexity index is 552. The van der Waals surface area contributed by atoms with E-state index in [9.17, 15) is 24.2 Å². The number of aliphatic hydroxyl groups is 2. The number of unbranched alkanes of at least 4 members (excludes halogenated alkanes) is 1. The predicted octanol–water partition coefficient (Wildman–Crippen LogP) is 3.32. The molecule has 3 N–H and O–H groups in total. The lowest BCUT2D eigenvalue weighted by Gasteiger charge is -2.13. The van der Waals surface area contributed by atoms with Gasteiger partial charge in [-0.05, 0) is 44.1 Å². The molecule has 6 heteroatoms. The summed E-state index contributed by atoms with van der Waals surface area (Å²) in [6.45, 7) is 1.93. The summed E-state index contributed by atoms with van der Waals surface area (Å²) in [5.74, 6) is -1.91. The van der Waals surface area contributed by atoms with Crippen LogP contribution in [0, 0.1) is 11.8 Å². The van der Waals surface area contributed by atoms with Crippen LogP contribution in [0.15, 0.2) is 36.2 Å². The molecular formula is C20H29FO5. The van der Waals surface area contributed by atoms with Gasteiger partial charge in [0.05, 0.1) is 0 Å². The number of carbonyl (C=O) groups excluding carboxylic acids is 1. The Hall–Kier alpha value is -1.79. The second-order valence-corrected chi connectivity index (χ2v) is 6.62. The minimum Gasteiger partial charge on any atom is -0.479 e. The van der Waals surface area contributed by atoms with Crippen molar-refractivity contribution in [3.05, 3.63) is 36.2 Å². The number of hydrogen-bond acceptors (Lipinski definition) is 4. The van der Waals surface area contributed by atoms with Gasteiger partial charge in [0.25, 0.3) is 0 Å². The number of carbonyl (C=O) groups is 2. The predicted molar refractivity (Wildman–Crippen MR) is 97.1 cm³/mol.